The van der Waals surface area contributed by atoms with Crippen LogP contribution in [0.4, 0.5) is 0 Å². The number of carbonyl (C=O) groups is 1. The van der Waals surface area contributed by atoms with E-state index in [2.05, 4.69) is 4.98 Å². The lowest BCUT2D eigenvalue weighted by Gasteiger charge is -2.25. The first kappa shape index (κ1) is 16.1. The molecule has 1 aromatic heterocycles. The van der Waals surface area contributed by atoms with Gasteiger partial charge in [-0.3, -0.25) is 9.59 Å². The van der Waals surface area contributed by atoms with Crippen molar-refractivity contribution in [3.05, 3.63) is 58.0 Å². The topological polar surface area (TPSA) is 71.6 Å². The van der Waals surface area contributed by atoms with Gasteiger partial charge in [-0.1, -0.05) is 6.07 Å². The lowest BCUT2D eigenvalue weighted by Crippen LogP contribution is -2.34. The van der Waals surface area contributed by atoms with E-state index in [0.717, 1.165) is 18.4 Å². The van der Waals surface area contributed by atoms with Crippen molar-refractivity contribution in [2.75, 3.05) is 20.8 Å². The Morgan fingerprint density at radius 3 is 2.71 bits per heavy atom. The van der Waals surface area contributed by atoms with Gasteiger partial charge < -0.3 is 19.4 Å². The third-order valence-electron chi connectivity index (χ3n) is 4.35. The summed E-state index contributed by atoms with van der Waals surface area (Å²) >= 11 is 0. The van der Waals surface area contributed by atoms with Gasteiger partial charge in [0.2, 0.25) is 0 Å². The van der Waals surface area contributed by atoms with Gasteiger partial charge in [-0.2, -0.15) is 0 Å². The fourth-order valence-electron chi connectivity index (χ4n) is 3.16. The maximum absolute atomic E-state index is 12.8. The number of likely N-dealkylation sites (tertiary alicyclic amines) is 1. The molecule has 1 N–H and O–H groups in total. The fraction of sp³-hybridized carbons (Fsp3) is 0.333. The molecule has 3 rings (SSSR count). The van der Waals surface area contributed by atoms with Gasteiger partial charge in [-0.15, -0.1) is 0 Å². The number of pyridine rings is 1. The Kier molecular flexibility index (Phi) is 4.55. The number of amides is 1. The second-order valence-corrected chi connectivity index (χ2v) is 5.68. The van der Waals surface area contributed by atoms with Crippen LogP contribution in [0, 0.1) is 0 Å². The summed E-state index contributed by atoms with van der Waals surface area (Å²) in [6.45, 7) is 0.631. The highest BCUT2D eigenvalue weighted by molar-refractivity contribution is 5.94. The third-order valence-corrected chi connectivity index (χ3v) is 4.35. The molecular weight excluding hydrogens is 308 g/mol. The van der Waals surface area contributed by atoms with Crippen LogP contribution in [0.1, 0.15) is 34.8 Å². The number of hydrogen-bond donors (Lipinski definition) is 1. The van der Waals surface area contributed by atoms with E-state index in [1.807, 2.05) is 18.2 Å². The van der Waals surface area contributed by atoms with Crippen molar-refractivity contribution in [1.82, 2.24) is 9.88 Å². The largest absolute Gasteiger partial charge is 0.493 e. The lowest BCUT2D eigenvalue weighted by atomic mass is 10.0. The number of nitrogens with zero attached hydrogens (tertiary/aromatic N) is 1. The van der Waals surface area contributed by atoms with Gasteiger partial charge in [-0.05, 0) is 42.7 Å². The SMILES string of the molecule is COc1ccc([C@H]2CCCN2C(=O)c2ccc[nH]c2=O)cc1OC. The molecule has 0 spiro atoms. The maximum Gasteiger partial charge on any atom is 0.260 e. The lowest BCUT2D eigenvalue weighted by molar-refractivity contribution is 0.0733. The fourth-order valence-corrected chi connectivity index (χ4v) is 3.16. The van der Waals surface area contributed by atoms with Crippen LogP contribution >= 0.6 is 0 Å². The molecule has 1 aliphatic rings. The van der Waals surface area contributed by atoms with Gasteiger partial charge in [-0.25, -0.2) is 0 Å². The number of benzene rings is 1. The number of nitrogens with one attached hydrogen (secondary N) is 1. The summed E-state index contributed by atoms with van der Waals surface area (Å²) in [5.41, 5.74) is 0.788. The van der Waals surface area contributed by atoms with Gasteiger partial charge >= 0.3 is 0 Å². The number of hydrogen-bond acceptors (Lipinski definition) is 4. The van der Waals surface area contributed by atoms with Crippen molar-refractivity contribution >= 4 is 5.91 Å². The summed E-state index contributed by atoms with van der Waals surface area (Å²) in [5.74, 6) is 1.04. The van der Waals surface area contributed by atoms with Gasteiger partial charge in [0.15, 0.2) is 11.5 Å². The van der Waals surface area contributed by atoms with E-state index in [1.165, 1.54) is 6.20 Å². The number of H-pyrrole nitrogens is 1. The summed E-state index contributed by atoms with van der Waals surface area (Å²) < 4.78 is 10.6. The second kappa shape index (κ2) is 6.78. The summed E-state index contributed by atoms with van der Waals surface area (Å²) in [7, 11) is 3.17. The molecule has 0 bridgehead atoms. The third kappa shape index (κ3) is 2.87. The number of aromatic nitrogens is 1. The molecular formula is C18H20N2O4. The molecule has 6 heteroatoms. The number of aromatic amines is 1. The Morgan fingerprint density at radius 1 is 1.21 bits per heavy atom. The van der Waals surface area contributed by atoms with Gasteiger partial charge in [0.05, 0.1) is 20.3 Å². The molecule has 0 aliphatic carbocycles. The molecule has 1 saturated heterocycles. The maximum atomic E-state index is 12.8. The highest BCUT2D eigenvalue weighted by Gasteiger charge is 2.32. The van der Waals surface area contributed by atoms with Gasteiger partial charge in [0.25, 0.3) is 11.5 Å². The molecule has 1 amide bonds. The van der Waals surface area contributed by atoms with Crippen molar-refractivity contribution in [3.8, 4) is 11.5 Å². The monoisotopic (exact) mass is 328 g/mol. The smallest absolute Gasteiger partial charge is 0.260 e. The van der Waals surface area contributed by atoms with Crippen LogP contribution in [0.15, 0.2) is 41.3 Å². The summed E-state index contributed by atoms with van der Waals surface area (Å²) in [5, 5.41) is 0. The van der Waals surface area contributed by atoms with E-state index in [0.29, 0.717) is 18.0 Å². The molecule has 2 heterocycles. The summed E-state index contributed by atoms with van der Waals surface area (Å²) in [6.07, 6.45) is 3.27. The average molecular weight is 328 g/mol. The average Bonchev–Trinajstić information content (AvgIpc) is 3.10. The number of ether oxygens (including phenoxy) is 2. The van der Waals surface area contributed by atoms with E-state index in [-0.39, 0.29) is 23.1 Å². The van der Waals surface area contributed by atoms with Crippen LogP contribution in [0.3, 0.4) is 0 Å². The molecule has 24 heavy (non-hydrogen) atoms. The van der Waals surface area contributed by atoms with Crippen molar-refractivity contribution < 1.29 is 14.3 Å². The van der Waals surface area contributed by atoms with Crippen molar-refractivity contribution in [2.45, 2.75) is 18.9 Å². The van der Waals surface area contributed by atoms with Crippen molar-refractivity contribution in [3.63, 3.8) is 0 Å². The Labute approximate surface area is 140 Å². The van der Waals surface area contributed by atoms with Gasteiger partial charge in [0, 0.05) is 12.7 Å². The number of methoxy groups -OCH3 is 2. The first-order chi connectivity index (χ1) is 11.7. The minimum Gasteiger partial charge on any atom is -0.493 e. The molecule has 0 saturated carbocycles. The minimum absolute atomic E-state index is 0.0723. The molecule has 0 radical (unpaired) electrons. The standard InChI is InChI=1S/C18H20N2O4/c1-23-15-8-7-12(11-16(15)24-2)14-6-4-10-20(14)18(22)13-5-3-9-19-17(13)21/h3,5,7-9,11,14H,4,6,10H2,1-2H3,(H,19,21)/t14-/m1/s1. The van der Waals surface area contributed by atoms with Crippen molar-refractivity contribution in [1.29, 1.82) is 0 Å². The van der Waals surface area contributed by atoms with E-state index < -0.39 is 0 Å². The Bertz CT molecular complexity index is 800. The first-order valence-corrected chi connectivity index (χ1v) is 7.86. The van der Waals surface area contributed by atoms with E-state index >= 15 is 0 Å². The summed E-state index contributed by atoms with van der Waals surface area (Å²) in [4.78, 5) is 29.0. The molecule has 0 unspecified atom stereocenters. The van der Waals surface area contributed by atoms with Crippen LogP contribution in [0.25, 0.3) is 0 Å². The Hall–Kier alpha value is -2.76. The van der Waals surface area contributed by atoms with Crippen LogP contribution in [0.2, 0.25) is 0 Å². The highest BCUT2D eigenvalue weighted by Crippen LogP contribution is 2.37. The molecule has 1 atom stereocenters. The van der Waals surface area contributed by atoms with E-state index in [4.69, 9.17) is 9.47 Å². The predicted molar refractivity (Wildman–Crippen MR) is 89.6 cm³/mol. The molecule has 1 aliphatic heterocycles. The van der Waals surface area contributed by atoms with Crippen LogP contribution < -0.4 is 15.0 Å². The number of rotatable bonds is 4. The Morgan fingerprint density at radius 2 is 2.00 bits per heavy atom. The zero-order valence-electron chi connectivity index (χ0n) is 13.7. The highest BCUT2D eigenvalue weighted by atomic mass is 16.5. The zero-order valence-corrected chi connectivity index (χ0v) is 13.7. The quantitative estimate of drug-likeness (QED) is 0.935. The molecule has 1 aromatic carbocycles. The normalized spacial score (nSPS) is 16.9. The zero-order chi connectivity index (χ0) is 17.1. The second-order valence-electron chi connectivity index (χ2n) is 5.68. The number of carbonyl (C=O) groups excluding carboxylic acids is 1. The minimum atomic E-state index is -0.361. The van der Waals surface area contributed by atoms with Gasteiger partial charge in [0.1, 0.15) is 5.56 Å². The van der Waals surface area contributed by atoms with Crippen molar-refractivity contribution in [2.24, 2.45) is 0 Å². The molecule has 126 valence electrons. The van der Waals surface area contributed by atoms with E-state index in [1.54, 1.807) is 31.3 Å². The Balaban J connectivity index is 1.92. The molecule has 1 fully saturated rings. The van der Waals surface area contributed by atoms with Crippen LogP contribution in [-0.2, 0) is 0 Å². The summed E-state index contributed by atoms with van der Waals surface area (Å²) in [6, 6.07) is 8.82. The molecule has 2 aromatic rings. The predicted octanol–water partition coefficient (Wildman–Crippen LogP) is 2.37. The first-order valence-electron chi connectivity index (χ1n) is 7.86. The van der Waals surface area contributed by atoms with Crippen LogP contribution in [-0.4, -0.2) is 36.6 Å². The van der Waals surface area contributed by atoms with Crippen LogP contribution in [0.5, 0.6) is 11.5 Å². The molecule has 6 nitrogen and oxygen atoms in total. The van der Waals surface area contributed by atoms with E-state index in [9.17, 15) is 9.59 Å².